The maximum Gasteiger partial charge on any atom is 0.242 e. The molecule has 0 N–H and O–H groups in total. The molecule has 3 heterocycles. The molecule has 1 aromatic heterocycles. The topological polar surface area (TPSA) is 67.7 Å². The molecule has 1 fully saturated rings. The second-order valence-corrected chi connectivity index (χ2v) is 11.8. The largest absolute Gasteiger partial charge is 0.378 e. The van der Waals surface area contributed by atoms with E-state index in [1.54, 1.807) is 21.6 Å². The van der Waals surface area contributed by atoms with Crippen molar-refractivity contribution < 1.29 is 14.3 Å². The molecule has 1 atom stereocenters. The van der Waals surface area contributed by atoms with Gasteiger partial charge in [-0.15, -0.1) is 11.8 Å². The van der Waals surface area contributed by atoms with E-state index in [9.17, 15) is 9.59 Å². The molecule has 2 amide bonds. The Morgan fingerprint density at radius 1 is 0.951 bits per heavy atom. The number of hydrogen-bond donors (Lipinski definition) is 0. The van der Waals surface area contributed by atoms with Crippen LogP contribution in [0.25, 0.3) is 16.9 Å². The molecular weight excluding hydrogens is 532 g/mol. The zero-order valence-corrected chi connectivity index (χ0v) is 24.5. The van der Waals surface area contributed by atoms with Gasteiger partial charge in [0, 0.05) is 24.2 Å². The van der Waals surface area contributed by atoms with Crippen molar-refractivity contribution in [3.63, 3.8) is 0 Å². The van der Waals surface area contributed by atoms with Crippen molar-refractivity contribution in [2.45, 2.75) is 26.0 Å². The molecule has 41 heavy (non-hydrogen) atoms. The lowest BCUT2D eigenvalue weighted by Crippen LogP contribution is -2.48. The van der Waals surface area contributed by atoms with Crippen LogP contribution in [0.4, 0.5) is 5.82 Å². The molecule has 3 aromatic carbocycles. The van der Waals surface area contributed by atoms with Crippen LogP contribution in [0.5, 0.6) is 0 Å². The molecule has 0 spiro atoms. The third-order valence-electron chi connectivity index (χ3n) is 7.84. The number of carbonyl (C=O) groups excluding carboxylic acids is 2. The Morgan fingerprint density at radius 2 is 1.68 bits per heavy atom. The highest BCUT2D eigenvalue weighted by Gasteiger charge is 2.38. The number of aromatic nitrogens is 2. The number of amides is 2. The minimum Gasteiger partial charge on any atom is -0.378 e. The molecule has 4 aromatic rings. The first-order valence-corrected chi connectivity index (χ1v) is 15.1. The number of anilines is 1. The maximum absolute atomic E-state index is 14.0. The summed E-state index contributed by atoms with van der Waals surface area (Å²) >= 11 is 1.60. The predicted molar refractivity (Wildman–Crippen MR) is 164 cm³/mol. The predicted octanol–water partition coefficient (Wildman–Crippen LogP) is 5.49. The molecule has 0 radical (unpaired) electrons. The van der Waals surface area contributed by atoms with Gasteiger partial charge in [-0.05, 0) is 43.5 Å². The van der Waals surface area contributed by atoms with Crippen molar-refractivity contribution in [1.82, 2.24) is 14.7 Å². The van der Waals surface area contributed by atoms with Gasteiger partial charge in [0.05, 0.1) is 35.6 Å². The number of hydrogen-bond acceptors (Lipinski definition) is 5. The number of carbonyl (C=O) groups is 2. The van der Waals surface area contributed by atoms with Crippen LogP contribution in [0.1, 0.15) is 33.1 Å². The molecule has 8 heteroatoms. The zero-order chi connectivity index (χ0) is 28.5. The lowest BCUT2D eigenvalue weighted by molar-refractivity contribution is -0.134. The van der Waals surface area contributed by atoms with Crippen molar-refractivity contribution in [2.24, 2.45) is 0 Å². The van der Waals surface area contributed by atoms with Crippen LogP contribution in [0.2, 0.25) is 0 Å². The molecule has 0 bridgehead atoms. The second-order valence-electron chi connectivity index (χ2n) is 10.7. The second kappa shape index (κ2) is 11.5. The van der Waals surface area contributed by atoms with Gasteiger partial charge >= 0.3 is 0 Å². The molecule has 0 saturated carbocycles. The molecule has 2 aliphatic rings. The van der Waals surface area contributed by atoms with Crippen LogP contribution < -0.4 is 4.90 Å². The monoisotopic (exact) mass is 566 g/mol. The summed E-state index contributed by atoms with van der Waals surface area (Å²) in [6, 6.07) is 24.7. The van der Waals surface area contributed by atoms with Gasteiger partial charge in [-0.1, -0.05) is 72.3 Å². The third-order valence-corrected chi connectivity index (χ3v) is 9.08. The number of aryl methyl sites for hydroxylation is 3. The van der Waals surface area contributed by atoms with Crippen LogP contribution in [0, 0.1) is 20.8 Å². The lowest BCUT2D eigenvalue weighted by Gasteiger charge is -2.30. The first kappa shape index (κ1) is 27.3. The van der Waals surface area contributed by atoms with E-state index in [4.69, 9.17) is 9.84 Å². The van der Waals surface area contributed by atoms with E-state index in [-0.39, 0.29) is 29.4 Å². The zero-order valence-electron chi connectivity index (χ0n) is 23.7. The fourth-order valence-corrected chi connectivity index (χ4v) is 7.01. The highest BCUT2D eigenvalue weighted by atomic mass is 32.2. The van der Waals surface area contributed by atoms with Crippen molar-refractivity contribution in [1.29, 1.82) is 0 Å². The Balaban J connectivity index is 1.61. The summed E-state index contributed by atoms with van der Waals surface area (Å²) < 4.78 is 7.37. The quantitative estimate of drug-likeness (QED) is 0.320. The van der Waals surface area contributed by atoms with Crippen LogP contribution >= 0.6 is 11.8 Å². The molecule has 6 rings (SSSR count). The number of ether oxygens (including phenoxy) is 1. The van der Waals surface area contributed by atoms with E-state index in [0.29, 0.717) is 32.1 Å². The minimum absolute atomic E-state index is 0.0439. The molecule has 7 nitrogen and oxygen atoms in total. The Bertz CT molecular complexity index is 1590. The molecule has 0 unspecified atom stereocenters. The summed E-state index contributed by atoms with van der Waals surface area (Å²) in [6.45, 7) is 8.27. The van der Waals surface area contributed by atoms with E-state index >= 15 is 0 Å². The van der Waals surface area contributed by atoms with Gasteiger partial charge in [0.1, 0.15) is 12.4 Å². The molecule has 210 valence electrons. The fourth-order valence-electron chi connectivity index (χ4n) is 5.71. The average molecular weight is 567 g/mol. The van der Waals surface area contributed by atoms with E-state index in [2.05, 4.69) is 63.2 Å². The number of rotatable bonds is 5. The Labute approximate surface area is 245 Å². The maximum atomic E-state index is 14.0. The van der Waals surface area contributed by atoms with Crippen molar-refractivity contribution in [2.75, 3.05) is 43.5 Å². The molecular formula is C33H34N4O3S. The standard InChI is InChI=1S/C33H34N4O3S/c1-22-13-14-27(24(3)19-22)37-33-30(31(34-37)25-10-5-4-6-11-25)32(26-12-8-7-9-23(26)2)41-21-29(39)36(33)20-28(38)35-15-17-40-18-16-35/h4-14,19,32H,15-18,20-21H2,1-3H3/t32-/m0/s1. The number of fused-ring (bicyclic) bond motifs is 1. The highest BCUT2D eigenvalue weighted by Crippen LogP contribution is 2.49. The highest BCUT2D eigenvalue weighted by molar-refractivity contribution is 8.00. The van der Waals surface area contributed by atoms with Crippen molar-refractivity contribution >= 4 is 29.4 Å². The van der Waals surface area contributed by atoms with E-state index < -0.39 is 0 Å². The lowest BCUT2D eigenvalue weighted by atomic mass is 9.96. The van der Waals surface area contributed by atoms with Crippen LogP contribution in [-0.2, 0) is 14.3 Å². The summed E-state index contributed by atoms with van der Waals surface area (Å²) in [5.74, 6) is 0.743. The first-order chi connectivity index (χ1) is 19.9. The summed E-state index contributed by atoms with van der Waals surface area (Å²) in [5, 5.41) is 5.09. The normalized spacial score (nSPS) is 17.3. The Hall–Kier alpha value is -3.88. The van der Waals surface area contributed by atoms with Crippen molar-refractivity contribution in [3.05, 3.63) is 101 Å². The molecule has 0 aliphatic carbocycles. The van der Waals surface area contributed by atoms with Crippen LogP contribution in [-0.4, -0.2) is 65.1 Å². The van der Waals surface area contributed by atoms with E-state index in [1.807, 2.05) is 35.0 Å². The van der Waals surface area contributed by atoms with E-state index in [0.717, 1.165) is 44.8 Å². The number of morpholine rings is 1. The Kier molecular flexibility index (Phi) is 7.69. The third kappa shape index (κ3) is 5.29. The van der Waals surface area contributed by atoms with Gasteiger partial charge in [-0.3, -0.25) is 14.5 Å². The van der Waals surface area contributed by atoms with Gasteiger partial charge in [-0.2, -0.15) is 5.10 Å². The van der Waals surface area contributed by atoms with Crippen molar-refractivity contribution in [3.8, 4) is 16.9 Å². The molecule has 1 saturated heterocycles. The summed E-state index contributed by atoms with van der Waals surface area (Å²) in [6.07, 6.45) is 0. The van der Waals surface area contributed by atoms with Gasteiger partial charge in [0.2, 0.25) is 11.8 Å². The van der Waals surface area contributed by atoms with Gasteiger partial charge in [0.25, 0.3) is 0 Å². The number of nitrogens with zero attached hydrogens (tertiary/aromatic N) is 4. The van der Waals surface area contributed by atoms with Gasteiger partial charge in [-0.25, -0.2) is 4.68 Å². The van der Waals surface area contributed by atoms with Gasteiger partial charge in [0.15, 0.2) is 0 Å². The van der Waals surface area contributed by atoms with Crippen LogP contribution in [0.15, 0.2) is 72.8 Å². The van der Waals surface area contributed by atoms with E-state index in [1.165, 1.54) is 0 Å². The molecule has 2 aliphatic heterocycles. The van der Waals surface area contributed by atoms with Crippen LogP contribution in [0.3, 0.4) is 0 Å². The number of benzene rings is 3. The minimum atomic E-state index is -0.145. The first-order valence-electron chi connectivity index (χ1n) is 14.0. The SMILES string of the molecule is Cc1ccc(-n2nc(-c3ccccc3)c3c2N(CC(=O)N2CCOCC2)C(=O)CS[C@H]3c2ccccc2C)c(C)c1. The number of thioether (sulfide) groups is 1. The fraction of sp³-hybridized carbons (Fsp3) is 0.303. The smallest absolute Gasteiger partial charge is 0.242 e. The summed E-state index contributed by atoms with van der Waals surface area (Å²) in [4.78, 5) is 31.1. The van der Waals surface area contributed by atoms with Gasteiger partial charge < -0.3 is 9.64 Å². The summed E-state index contributed by atoms with van der Waals surface area (Å²) in [7, 11) is 0. The Morgan fingerprint density at radius 3 is 2.41 bits per heavy atom. The summed E-state index contributed by atoms with van der Waals surface area (Å²) in [5.41, 5.74) is 8.13. The average Bonchev–Trinajstić information content (AvgIpc) is 3.30.